The molecule has 0 aliphatic carbocycles. The van der Waals surface area contributed by atoms with Crippen molar-refractivity contribution in [2.24, 2.45) is 41.2 Å². The van der Waals surface area contributed by atoms with Crippen LogP contribution in [0.2, 0.25) is 0 Å². The lowest BCUT2D eigenvalue weighted by Crippen LogP contribution is -2.60. The van der Waals surface area contributed by atoms with Gasteiger partial charge < -0.3 is 77.0 Å². The number of ether oxygens (including phenoxy) is 3. The molecule has 0 saturated carbocycles. The van der Waals surface area contributed by atoms with Gasteiger partial charge in [0, 0.05) is 84.6 Å². The third-order valence-electron chi connectivity index (χ3n) is 19.6. The summed E-state index contributed by atoms with van der Waals surface area (Å²) in [6, 6.07) is 17.8. The molecular weight excluding hydrogens is 1310 g/mol. The number of nitrogens with two attached hydrogens (primary N) is 1. The van der Waals surface area contributed by atoms with Crippen molar-refractivity contribution >= 4 is 76.7 Å². The van der Waals surface area contributed by atoms with E-state index in [1.165, 1.54) is 26.2 Å². The smallest absolute Gasteiger partial charge is 0.410 e. The Balaban J connectivity index is 1.15. The van der Waals surface area contributed by atoms with Gasteiger partial charge in [-0.25, -0.2) is 9.59 Å². The zero-order valence-electron chi connectivity index (χ0n) is 62.2. The van der Waals surface area contributed by atoms with Crippen molar-refractivity contribution in [2.75, 3.05) is 65.1 Å². The molecule has 0 radical (unpaired) electrons. The van der Waals surface area contributed by atoms with Crippen LogP contribution in [0.3, 0.4) is 0 Å². The van der Waals surface area contributed by atoms with Gasteiger partial charge in [-0.1, -0.05) is 129 Å². The molecular formula is C75H114N12O15. The predicted octanol–water partition coefficient (Wildman–Crippen LogP) is 6.64. The Hall–Kier alpha value is -8.69. The van der Waals surface area contributed by atoms with Gasteiger partial charge in [-0.05, 0) is 111 Å². The van der Waals surface area contributed by atoms with Crippen molar-refractivity contribution in [3.05, 3.63) is 96.1 Å². The first-order valence-electron chi connectivity index (χ1n) is 35.9. The Morgan fingerprint density at radius 3 is 1.83 bits per heavy atom. The highest BCUT2D eigenvalue weighted by molar-refractivity contribution is 5.99. The van der Waals surface area contributed by atoms with Crippen molar-refractivity contribution in [1.82, 2.24) is 46.2 Å². The van der Waals surface area contributed by atoms with Gasteiger partial charge in [-0.2, -0.15) is 0 Å². The molecule has 564 valence electrons. The second kappa shape index (κ2) is 41.4. The van der Waals surface area contributed by atoms with E-state index in [2.05, 4.69) is 37.2 Å². The molecule has 0 unspecified atom stereocenters. The number of piperidine rings is 1. The summed E-state index contributed by atoms with van der Waals surface area (Å²) < 4.78 is 17.8. The number of amides is 12. The number of likely N-dealkylation sites (N-methyl/N-ethyl adjacent to an activating group) is 2. The van der Waals surface area contributed by atoms with E-state index < -0.39 is 126 Å². The lowest BCUT2D eigenvalue weighted by molar-refractivity contribution is -0.148. The highest BCUT2D eigenvalue weighted by Gasteiger charge is 2.44. The van der Waals surface area contributed by atoms with Gasteiger partial charge in [-0.15, -0.1) is 0 Å². The molecule has 0 bridgehead atoms. The van der Waals surface area contributed by atoms with Crippen LogP contribution in [0.5, 0.6) is 0 Å². The van der Waals surface area contributed by atoms with Gasteiger partial charge in [0.2, 0.25) is 53.2 Å². The van der Waals surface area contributed by atoms with Gasteiger partial charge in [0.1, 0.15) is 30.8 Å². The van der Waals surface area contributed by atoms with E-state index >= 15 is 0 Å². The number of hydrogen-bond donors (Lipinski definition) is 9. The summed E-state index contributed by atoms with van der Waals surface area (Å²) in [5.41, 5.74) is 7.50. The van der Waals surface area contributed by atoms with Gasteiger partial charge in [0.25, 0.3) is 0 Å². The van der Waals surface area contributed by atoms with Gasteiger partial charge >= 0.3 is 12.1 Å². The van der Waals surface area contributed by atoms with Crippen LogP contribution in [-0.2, 0) is 64.0 Å². The summed E-state index contributed by atoms with van der Waals surface area (Å²) >= 11 is 0. The van der Waals surface area contributed by atoms with E-state index in [1.54, 1.807) is 114 Å². The number of carbonyl (C=O) groups is 11. The molecule has 2 heterocycles. The Bertz CT molecular complexity index is 3230. The highest BCUT2D eigenvalue weighted by atomic mass is 16.6. The normalized spacial score (nSPS) is 17.3. The zero-order valence-corrected chi connectivity index (χ0v) is 62.2. The van der Waals surface area contributed by atoms with Gasteiger partial charge in [-0.3, -0.25) is 48.1 Å². The number of primary amides is 1. The SMILES string of the molecule is CC[C@H](C)[C@@H]([C@@H](CC(=O)N1CCC[C@H]1[C@H](OC)[C@@H](C)C(=O)N[C@H](C)[C@@H](O)c1ccccc1)OC)N(C)C(=O)[C@@H](NC(=O)[C@H](C(C)C)N(C)C(=O)OCc1ccc(NC(=O)[C@H](CCCNC(N)=O)NC(=O)[C@@H](NC(=O)CCCC(=O)N2CCC(C(=O)Nc3ccccc3)CC2)C(C)C)cc1)C(C)C. The molecule has 2 fully saturated rings. The minimum absolute atomic E-state index is 0.0376. The molecule has 0 spiro atoms. The summed E-state index contributed by atoms with van der Waals surface area (Å²) in [4.78, 5) is 156. The summed E-state index contributed by atoms with van der Waals surface area (Å²) in [5.74, 6) is -5.87. The number of hydrogen-bond acceptors (Lipinski definition) is 15. The fourth-order valence-electron chi connectivity index (χ4n) is 13.4. The molecule has 5 rings (SSSR count). The van der Waals surface area contributed by atoms with Gasteiger partial charge in [0.05, 0.1) is 48.8 Å². The summed E-state index contributed by atoms with van der Waals surface area (Å²) in [6.45, 7) is 19.2. The minimum Gasteiger partial charge on any atom is -0.445 e. The zero-order chi connectivity index (χ0) is 75.5. The number of likely N-dealkylation sites (tertiary alicyclic amines) is 2. The van der Waals surface area contributed by atoms with Crippen LogP contribution in [-0.4, -0.2) is 199 Å². The number of methoxy groups -OCH3 is 2. The molecule has 10 N–H and O–H groups in total. The third kappa shape index (κ3) is 24.8. The van der Waals surface area contributed by atoms with Crippen LogP contribution in [0.4, 0.5) is 21.0 Å². The Morgan fingerprint density at radius 2 is 1.25 bits per heavy atom. The molecule has 12 atom stereocenters. The number of urea groups is 1. The Morgan fingerprint density at radius 1 is 0.637 bits per heavy atom. The number of para-hydroxylation sites is 1. The van der Waals surface area contributed by atoms with Crippen molar-refractivity contribution in [3.8, 4) is 0 Å². The molecule has 2 aliphatic heterocycles. The van der Waals surface area contributed by atoms with E-state index in [1.807, 2.05) is 62.4 Å². The molecule has 0 aromatic heterocycles. The number of carbonyl (C=O) groups excluding carboxylic acids is 11. The van der Waals surface area contributed by atoms with E-state index in [-0.39, 0.29) is 87.1 Å². The van der Waals surface area contributed by atoms with E-state index in [0.717, 1.165) is 0 Å². The monoisotopic (exact) mass is 1420 g/mol. The number of nitrogens with one attached hydrogen (secondary N) is 7. The van der Waals surface area contributed by atoms with Crippen LogP contribution in [0.1, 0.15) is 157 Å². The first kappa shape index (κ1) is 84.0. The molecule has 2 aliphatic rings. The maximum atomic E-state index is 14.8. The lowest BCUT2D eigenvalue weighted by Gasteiger charge is -2.41. The van der Waals surface area contributed by atoms with E-state index in [0.29, 0.717) is 74.2 Å². The average molecular weight is 1420 g/mol. The first-order valence-corrected chi connectivity index (χ1v) is 35.9. The first-order chi connectivity index (χ1) is 48.4. The van der Waals surface area contributed by atoms with Crippen LogP contribution < -0.4 is 43.0 Å². The number of rotatable bonds is 38. The fraction of sp³-hybridized carbons (Fsp3) is 0.613. The molecule has 27 nitrogen and oxygen atoms in total. The fourth-order valence-corrected chi connectivity index (χ4v) is 13.4. The van der Waals surface area contributed by atoms with Crippen molar-refractivity contribution in [2.45, 2.75) is 207 Å². The standard InChI is InChI=1S/C75H114N12O15/c1-15-48(8)65(58(100-13)43-61(90)87-40-24-30-57(87)67(101-14)49(9)68(92)78-50(10)66(91)52-25-18-16-19-26-52)84(11)73(97)63(46(4)5)83-72(96)64(47(6)7)85(12)75(99)102-44-51-33-35-55(36-34-51)80-70(94)56(29-23-39-77-74(76)98)81-71(95)62(45(2)3)82-59(88)31-22-32-60(89)86-41-37-53(38-42-86)69(93)79-54-27-20-17-21-28-54/h16-21,25-28,33-36,45-50,53,56-58,62-67,91H,15,22-24,29-32,37-44H2,1-14H3,(H,78,92)(H,79,93)(H,80,94)(H,81,95)(H,82,88)(H,83,96)(H3,76,77,98)/t48-,49+,50+,56-,57-,58+,62-,63-,64-,65-,66+,67+/m0/s1. The van der Waals surface area contributed by atoms with Crippen LogP contribution in [0.15, 0.2) is 84.9 Å². The van der Waals surface area contributed by atoms with Gasteiger partial charge in [0.15, 0.2) is 0 Å². The highest BCUT2D eigenvalue weighted by Crippen LogP contribution is 2.31. The Labute approximate surface area is 601 Å². The second-order valence-corrected chi connectivity index (χ2v) is 28.2. The molecule has 12 amide bonds. The van der Waals surface area contributed by atoms with Crippen molar-refractivity contribution in [1.29, 1.82) is 0 Å². The van der Waals surface area contributed by atoms with Crippen molar-refractivity contribution < 1.29 is 72.1 Å². The lowest BCUT2D eigenvalue weighted by atomic mass is 9.89. The molecule has 3 aromatic carbocycles. The number of nitrogens with zero attached hydrogens (tertiary/aromatic N) is 4. The molecule has 102 heavy (non-hydrogen) atoms. The number of anilines is 2. The van der Waals surface area contributed by atoms with Crippen LogP contribution >= 0.6 is 0 Å². The number of aliphatic hydroxyl groups excluding tert-OH is 1. The second-order valence-electron chi connectivity index (χ2n) is 28.2. The molecule has 2 saturated heterocycles. The number of benzene rings is 3. The molecule has 27 heteroatoms. The number of aliphatic hydroxyl groups is 1. The van der Waals surface area contributed by atoms with Crippen LogP contribution in [0.25, 0.3) is 0 Å². The summed E-state index contributed by atoms with van der Waals surface area (Å²) in [7, 11) is 6.08. The maximum absolute atomic E-state index is 14.8. The summed E-state index contributed by atoms with van der Waals surface area (Å²) in [6.07, 6.45) is 0.202. The quantitative estimate of drug-likeness (QED) is 0.0272. The van der Waals surface area contributed by atoms with Crippen molar-refractivity contribution in [3.63, 3.8) is 0 Å². The average Bonchev–Trinajstić information content (AvgIpc) is 1.35. The maximum Gasteiger partial charge on any atom is 0.410 e. The predicted molar refractivity (Wildman–Crippen MR) is 387 cm³/mol. The van der Waals surface area contributed by atoms with E-state index in [4.69, 9.17) is 19.9 Å². The molecule has 3 aromatic rings. The summed E-state index contributed by atoms with van der Waals surface area (Å²) in [5, 5.41) is 30.6. The minimum atomic E-state index is -1.14. The third-order valence-corrected chi connectivity index (χ3v) is 19.6. The van der Waals surface area contributed by atoms with Crippen LogP contribution in [0, 0.1) is 35.5 Å². The topological polar surface area (TPSA) is 359 Å². The Kier molecular flexibility index (Phi) is 34.1. The van der Waals surface area contributed by atoms with E-state index in [9.17, 15) is 57.8 Å². The largest absolute Gasteiger partial charge is 0.445 e.